The van der Waals surface area contributed by atoms with Gasteiger partial charge in [0.15, 0.2) is 0 Å². The lowest BCUT2D eigenvalue weighted by atomic mass is 9.78. The molecule has 0 aromatic heterocycles. The van der Waals surface area contributed by atoms with Crippen LogP contribution in [0.5, 0.6) is 0 Å². The predicted octanol–water partition coefficient (Wildman–Crippen LogP) is 5.35. The Morgan fingerprint density at radius 3 is 1.48 bits per heavy atom. The van der Waals surface area contributed by atoms with Gasteiger partial charge in [-0.05, 0) is 55.1 Å². The Labute approximate surface area is 149 Å². The second-order valence-electron chi connectivity index (χ2n) is 5.47. The normalized spacial score (nSPS) is 11.3. The minimum Gasteiger partial charge on any atom is -0.258 e. The first kappa shape index (κ1) is 17.6. The molecule has 0 aliphatic rings. The van der Waals surface area contributed by atoms with Gasteiger partial charge in [-0.2, -0.15) is 0 Å². The highest BCUT2D eigenvalue weighted by Crippen LogP contribution is 2.38. The summed E-state index contributed by atoms with van der Waals surface area (Å²) >= 11 is 6.31. The highest BCUT2D eigenvalue weighted by molar-refractivity contribution is 9.11. The standard InChI is InChI=1S/C15H12Br2N2O4/c1-15(2,9-3-5-11(16)13(7-9)18(20)21)10-4-6-12(17)14(8-10)19(22)23/h3-8H,1-2H3. The molecule has 2 rings (SSSR count). The molecule has 0 aliphatic heterocycles. The van der Waals surface area contributed by atoms with E-state index in [4.69, 9.17) is 0 Å². The van der Waals surface area contributed by atoms with Crippen molar-refractivity contribution in [1.29, 1.82) is 0 Å². The molecule has 0 bridgehead atoms. The van der Waals surface area contributed by atoms with Gasteiger partial charge in [0.1, 0.15) is 0 Å². The Hall–Kier alpha value is -1.80. The van der Waals surface area contributed by atoms with Gasteiger partial charge >= 0.3 is 0 Å². The molecule has 8 heteroatoms. The van der Waals surface area contributed by atoms with E-state index in [1.165, 1.54) is 12.1 Å². The number of halogens is 2. The van der Waals surface area contributed by atoms with Crippen molar-refractivity contribution in [3.8, 4) is 0 Å². The molecule has 0 fully saturated rings. The monoisotopic (exact) mass is 442 g/mol. The minimum atomic E-state index is -0.628. The minimum absolute atomic E-state index is 0.0396. The van der Waals surface area contributed by atoms with Crippen LogP contribution in [0.2, 0.25) is 0 Å². The number of hydrogen-bond donors (Lipinski definition) is 0. The maximum Gasteiger partial charge on any atom is 0.283 e. The van der Waals surface area contributed by atoms with E-state index < -0.39 is 15.3 Å². The Balaban J connectivity index is 2.58. The number of rotatable bonds is 4. The van der Waals surface area contributed by atoms with Gasteiger partial charge in [-0.15, -0.1) is 0 Å². The van der Waals surface area contributed by atoms with Gasteiger partial charge in [-0.3, -0.25) is 20.2 Å². The van der Waals surface area contributed by atoms with Crippen LogP contribution in [0.1, 0.15) is 25.0 Å². The average Bonchev–Trinajstić information content (AvgIpc) is 2.47. The third kappa shape index (κ3) is 3.42. The predicted molar refractivity (Wildman–Crippen MR) is 93.7 cm³/mol. The van der Waals surface area contributed by atoms with E-state index in [-0.39, 0.29) is 11.4 Å². The lowest BCUT2D eigenvalue weighted by Gasteiger charge is -2.26. The van der Waals surface area contributed by atoms with Gasteiger partial charge in [0.2, 0.25) is 0 Å². The van der Waals surface area contributed by atoms with Crippen molar-refractivity contribution in [3.63, 3.8) is 0 Å². The molecule has 0 amide bonds. The zero-order valence-electron chi connectivity index (χ0n) is 12.2. The Morgan fingerprint density at radius 1 is 0.826 bits per heavy atom. The van der Waals surface area contributed by atoms with Crippen molar-refractivity contribution in [2.24, 2.45) is 0 Å². The lowest BCUT2D eigenvalue weighted by molar-refractivity contribution is -0.385. The maximum absolute atomic E-state index is 11.1. The Kier molecular flexibility index (Phi) is 4.86. The highest BCUT2D eigenvalue weighted by Gasteiger charge is 2.28. The molecular formula is C15H12Br2N2O4. The molecule has 0 saturated heterocycles. The number of nitrogens with zero attached hydrogens (tertiary/aromatic N) is 2. The van der Waals surface area contributed by atoms with Crippen LogP contribution in [0.4, 0.5) is 11.4 Å². The van der Waals surface area contributed by atoms with Crippen molar-refractivity contribution < 1.29 is 9.85 Å². The molecule has 0 spiro atoms. The maximum atomic E-state index is 11.1. The number of hydrogen-bond acceptors (Lipinski definition) is 4. The van der Waals surface area contributed by atoms with Crippen molar-refractivity contribution in [1.82, 2.24) is 0 Å². The molecular weight excluding hydrogens is 432 g/mol. The summed E-state index contributed by atoms with van der Waals surface area (Å²) in [6.07, 6.45) is 0. The van der Waals surface area contributed by atoms with Crippen LogP contribution in [-0.4, -0.2) is 9.85 Å². The second kappa shape index (κ2) is 6.37. The first-order chi connectivity index (χ1) is 10.6. The molecule has 2 aromatic rings. The van der Waals surface area contributed by atoms with Crippen LogP contribution in [0.25, 0.3) is 0 Å². The average molecular weight is 444 g/mol. The summed E-state index contributed by atoms with van der Waals surface area (Å²) in [6.45, 7) is 3.74. The number of nitro groups is 2. The molecule has 6 nitrogen and oxygen atoms in total. The van der Waals surface area contributed by atoms with E-state index >= 15 is 0 Å². The summed E-state index contributed by atoms with van der Waals surface area (Å²) in [5, 5.41) is 22.2. The van der Waals surface area contributed by atoms with E-state index in [1.807, 2.05) is 13.8 Å². The molecule has 0 saturated carbocycles. The molecule has 0 unspecified atom stereocenters. The highest BCUT2D eigenvalue weighted by atomic mass is 79.9. The van der Waals surface area contributed by atoms with Gasteiger partial charge in [0, 0.05) is 17.5 Å². The quantitative estimate of drug-likeness (QED) is 0.470. The Morgan fingerprint density at radius 2 is 1.17 bits per heavy atom. The zero-order valence-corrected chi connectivity index (χ0v) is 15.4. The Bertz CT molecular complexity index is 741. The second-order valence-corrected chi connectivity index (χ2v) is 7.18. The fraction of sp³-hybridized carbons (Fsp3) is 0.200. The van der Waals surface area contributed by atoms with E-state index in [0.717, 1.165) is 0 Å². The van der Waals surface area contributed by atoms with Crippen LogP contribution < -0.4 is 0 Å². The summed E-state index contributed by atoms with van der Waals surface area (Å²) in [4.78, 5) is 21.3. The van der Waals surface area contributed by atoms with E-state index in [0.29, 0.717) is 20.1 Å². The zero-order chi connectivity index (χ0) is 17.4. The van der Waals surface area contributed by atoms with Gasteiger partial charge in [-0.25, -0.2) is 0 Å². The fourth-order valence-corrected chi connectivity index (χ4v) is 3.03. The van der Waals surface area contributed by atoms with Crippen molar-refractivity contribution in [3.05, 3.63) is 76.7 Å². The summed E-state index contributed by atoms with van der Waals surface area (Å²) < 4.78 is 0.785. The van der Waals surface area contributed by atoms with Gasteiger partial charge in [-0.1, -0.05) is 26.0 Å². The van der Waals surface area contributed by atoms with Gasteiger partial charge in [0.05, 0.1) is 18.8 Å². The van der Waals surface area contributed by atoms with Crippen LogP contribution in [0, 0.1) is 20.2 Å². The molecule has 2 aromatic carbocycles. The van der Waals surface area contributed by atoms with Crippen molar-refractivity contribution >= 4 is 43.2 Å². The lowest BCUT2D eigenvalue weighted by Crippen LogP contribution is -2.19. The topological polar surface area (TPSA) is 86.3 Å². The largest absolute Gasteiger partial charge is 0.283 e. The molecule has 120 valence electrons. The fourth-order valence-electron chi connectivity index (χ4n) is 2.25. The van der Waals surface area contributed by atoms with Gasteiger partial charge in [0.25, 0.3) is 11.4 Å². The molecule has 0 N–H and O–H groups in total. The van der Waals surface area contributed by atoms with Crippen LogP contribution in [0.15, 0.2) is 45.3 Å². The van der Waals surface area contributed by atoms with Crippen molar-refractivity contribution in [2.45, 2.75) is 19.3 Å². The molecule has 0 aliphatic carbocycles. The van der Waals surface area contributed by atoms with E-state index in [1.54, 1.807) is 24.3 Å². The smallest absolute Gasteiger partial charge is 0.258 e. The summed E-state index contributed by atoms with van der Waals surface area (Å²) in [5.74, 6) is 0. The molecule has 0 radical (unpaired) electrons. The van der Waals surface area contributed by atoms with E-state index in [2.05, 4.69) is 31.9 Å². The van der Waals surface area contributed by atoms with Gasteiger partial charge < -0.3 is 0 Å². The van der Waals surface area contributed by atoms with Crippen LogP contribution in [0.3, 0.4) is 0 Å². The van der Waals surface area contributed by atoms with Crippen molar-refractivity contribution in [2.75, 3.05) is 0 Å². The number of nitro benzene ring substituents is 2. The summed E-state index contributed by atoms with van der Waals surface area (Å²) in [6, 6.07) is 9.73. The first-order valence-electron chi connectivity index (χ1n) is 6.53. The van der Waals surface area contributed by atoms with E-state index in [9.17, 15) is 20.2 Å². The van der Waals surface area contributed by atoms with Crippen LogP contribution >= 0.6 is 31.9 Å². The SMILES string of the molecule is CC(C)(c1ccc(Br)c([N+](=O)[O-])c1)c1ccc(Br)c([N+](=O)[O-])c1. The van der Waals surface area contributed by atoms with Crippen LogP contribution in [-0.2, 0) is 5.41 Å². The summed E-state index contributed by atoms with van der Waals surface area (Å²) in [7, 11) is 0. The molecule has 0 atom stereocenters. The molecule has 23 heavy (non-hydrogen) atoms. The third-order valence-corrected chi connectivity index (χ3v) is 5.07. The summed E-state index contributed by atoms with van der Waals surface area (Å²) in [5.41, 5.74) is 0.689. The molecule has 0 heterocycles. The number of benzene rings is 2. The first-order valence-corrected chi connectivity index (χ1v) is 8.12. The third-order valence-electron chi connectivity index (χ3n) is 3.73.